The van der Waals surface area contributed by atoms with E-state index in [-0.39, 0.29) is 0 Å². The van der Waals surface area contributed by atoms with Crippen LogP contribution >= 0.6 is 0 Å². The summed E-state index contributed by atoms with van der Waals surface area (Å²) in [7, 11) is 0. The highest BCUT2D eigenvalue weighted by molar-refractivity contribution is 6.01. The summed E-state index contributed by atoms with van der Waals surface area (Å²) in [6.07, 6.45) is 3.17. The van der Waals surface area contributed by atoms with E-state index in [0.717, 1.165) is 31.6 Å². The summed E-state index contributed by atoms with van der Waals surface area (Å²) in [6.45, 7) is 2.95. The van der Waals surface area contributed by atoms with Crippen LogP contribution in [0, 0.1) is 0 Å². The van der Waals surface area contributed by atoms with Gasteiger partial charge in [-0.25, -0.2) is 0 Å². The van der Waals surface area contributed by atoms with E-state index < -0.39 is 0 Å². The molecule has 5 aromatic rings. The Hall–Kier alpha value is -4.10. The molecule has 5 aromatic carbocycles. The molecular weight excluding hydrogens is 436 g/mol. The van der Waals surface area contributed by atoms with Crippen LogP contribution in [-0.4, -0.2) is 6.61 Å². The molecule has 0 bridgehead atoms. The van der Waals surface area contributed by atoms with E-state index in [0.29, 0.717) is 0 Å². The Morgan fingerprint density at radius 1 is 0.583 bits per heavy atom. The maximum Gasteiger partial charge on any atom is 0.119 e. The van der Waals surface area contributed by atoms with Crippen LogP contribution in [0.15, 0.2) is 115 Å². The van der Waals surface area contributed by atoms with E-state index >= 15 is 0 Å². The van der Waals surface area contributed by atoms with Gasteiger partial charge in [-0.3, -0.25) is 0 Å². The van der Waals surface area contributed by atoms with Gasteiger partial charge in [0.15, 0.2) is 0 Å². The fourth-order valence-corrected chi connectivity index (χ4v) is 5.40. The predicted molar refractivity (Wildman–Crippen MR) is 151 cm³/mol. The molecule has 0 N–H and O–H groups in total. The second-order valence-corrected chi connectivity index (χ2v) is 9.49. The fraction of sp³-hybridized carbons (Fsp3) is 0.143. The molecule has 1 aliphatic carbocycles. The molecule has 36 heavy (non-hydrogen) atoms. The largest absolute Gasteiger partial charge is 0.494 e. The van der Waals surface area contributed by atoms with E-state index in [2.05, 4.69) is 122 Å². The number of rotatable bonds is 7. The van der Waals surface area contributed by atoms with Crippen molar-refractivity contribution in [2.75, 3.05) is 6.61 Å². The molecule has 176 valence electrons. The summed E-state index contributed by atoms with van der Waals surface area (Å²) in [4.78, 5) is 0. The first-order valence-electron chi connectivity index (χ1n) is 13.0. The van der Waals surface area contributed by atoms with Gasteiger partial charge < -0.3 is 4.74 Å². The average Bonchev–Trinajstić information content (AvgIpc) is 3.32. The zero-order chi connectivity index (χ0) is 24.3. The van der Waals surface area contributed by atoms with E-state index in [9.17, 15) is 0 Å². The van der Waals surface area contributed by atoms with Gasteiger partial charge >= 0.3 is 0 Å². The SMILES string of the molecule is CCCCOc1ccc(-c2cc3c(c(-c4ccccc4)c2-c2ccccc2)Cc2ccccc2-3)cc1. The van der Waals surface area contributed by atoms with Gasteiger partial charge in [0.25, 0.3) is 0 Å². The van der Waals surface area contributed by atoms with Crippen LogP contribution in [0.25, 0.3) is 44.5 Å². The minimum absolute atomic E-state index is 0.763. The molecule has 0 radical (unpaired) electrons. The van der Waals surface area contributed by atoms with Crippen molar-refractivity contribution >= 4 is 0 Å². The van der Waals surface area contributed by atoms with Crippen molar-refractivity contribution in [2.45, 2.75) is 26.2 Å². The van der Waals surface area contributed by atoms with Crippen molar-refractivity contribution in [1.29, 1.82) is 0 Å². The number of ether oxygens (including phenoxy) is 1. The lowest BCUT2D eigenvalue weighted by Crippen LogP contribution is -1.98. The zero-order valence-corrected chi connectivity index (χ0v) is 20.7. The first-order valence-corrected chi connectivity index (χ1v) is 13.0. The normalized spacial score (nSPS) is 11.7. The molecule has 0 aliphatic heterocycles. The summed E-state index contributed by atoms with van der Waals surface area (Å²) in [5, 5.41) is 0. The van der Waals surface area contributed by atoms with E-state index in [1.54, 1.807) is 0 Å². The first kappa shape index (κ1) is 22.4. The molecule has 0 aromatic heterocycles. The van der Waals surface area contributed by atoms with Crippen molar-refractivity contribution in [2.24, 2.45) is 0 Å². The predicted octanol–water partition coefficient (Wildman–Crippen LogP) is 9.44. The number of unbranched alkanes of at least 4 members (excludes halogenated alkanes) is 1. The standard InChI is InChI=1S/C35H30O/c1-2-3-22-36-29-20-18-25(19-21-29)31-24-32-30-17-11-10-16-28(30)23-33(32)35(27-14-8-5-9-15-27)34(31)26-12-6-4-7-13-26/h4-21,24H,2-3,22-23H2,1H3. The number of fused-ring (bicyclic) bond motifs is 3. The van der Waals surface area contributed by atoms with Gasteiger partial charge in [0.1, 0.15) is 5.75 Å². The maximum atomic E-state index is 5.97. The topological polar surface area (TPSA) is 9.23 Å². The molecule has 0 fully saturated rings. The highest BCUT2D eigenvalue weighted by atomic mass is 16.5. The van der Waals surface area contributed by atoms with E-state index in [4.69, 9.17) is 4.74 Å². The summed E-state index contributed by atoms with van der Waals surface area (Å²) in [5.41, 5.74) is 13.1. The second-order valence-electron chi connectivity index (χ2n) is 9.49. The highest BCUT2D eigenvalue weighted by Gasteiger charge is 2.27. The van der Waals surface area contributed by atoms with Crippen LogP contribution in [0.4, 0.5) is 0 Å². The minimum Gasteiger partial charge on any atom is -0.494 e. The molecule has 6 rings (SSSR count). The van der Waals surface area contributed by atoms with E-state index in [1.807, 2.05) is 0 Å². The Kier molecular flexibility index (Phi) is 6.13. The molecule has 1 aliphatic rings. The van der Waals surface area contributed by atoms with Gasteiger partial charge in [-0.1, -0.05) is 110 Å². The Bertz CT molecular complexity index is 1480. The average molecular weight is 467 g/mol. The third kappa shape index (κ3) is 4.12. The number of hydrogen-bond donors (Lipinski definition) is 0. The molecule has 0 saturated carbocycles. The van der Waals surface area contributed by atoms with Gasteiger partial charge in [-0.15, -0.1) is 0 Å². The van der Waals surface area contributed by atoms with E-state index in [1.165, 1.54) is 55.6 Å². The first-order chi connectivity index (χ1) is 17.8. The quantitative estimate of drug-likeness (QED) is 0.213. The second kappa shape index (κ2) is 9.87. The summed E-state index contributed by atoms with van der Waals surface area (Å²) < 4.78 is 5.97. The summed E-state index contributed by atoms with van der Waals surface area (Å²) in [6, 6.07) is 41.7. The van der Waals surface area contributed by atoms with Crippen molar-refractivity contribution < 1.29 is 4.74 Å². The Labute approximate surface area is 214 Å². The molecule has 0 atom stereocenters. The number of hydrogen-bond acceptors (Lipinski definition) is 1. The Morgan fingerprint density at radius 3 is 1.92 bits per heavy atom. The molecule has 0 unspecified atom stereocenters. The van der Waals surface area contributed by atoms with Crippen LogP contribution in [0.1, 0.15) is 30.9 Å². The van der Waals surface area contributed by atoms with Crippen LogP contribution in [-0.2, 0) is 6.42 Å². The lowest BCUT2D eigenvalue weighted by atomic mass is 9.82. The van der Waals surface area contributed by atoms with Crippen molar-refractivity contribution in [3.63, 3.8) is 0 Å². The van der Waals surface area contributed by atoms with Gasteiger partial charge in [-0.05, 0) is 86.7 Å². The summed E-state index contributed by atoms with van der Waals surface area (Å²) >= 11 is 0. The third-order valence-corrected chi connectivity index (χ3v) is 7.17. The molecule has 0 spiro atoms. The van der Waals surface area contributed by atoms with Crippen LogP contribution < -0.4 is 4.74 Å². The zero-order valence-electron chi connectivity index (χ0n) is 20.7. The van der Waals surface area contributed by atoms with Gasteiger partial charge in [0, 0.05) is 0 Å². The molecule has 0 amide bonds. The van der Waals surface area contributed by atoms with Crippen LogP contribution in [0.2, 0.25) is 0 Å². The Morgan fingerprint density at radius 2 is 1.22 bits per heavy atom. The molecule has 0 saturated heterocycles. The lowest BCUT2D eigenvalue weighted by molar-refractivity contribution is 0.309. The van der Waals surface area contributed by atoms with Gasteiger partial charge in [-0.2, -0.15) is 0 Å². The minimum atomic E-state index is 0.763. The van der Waals surface area contributed by atoms with Crippen LogP contribution in [0.3, 0.4) is 0 Å². The third-order valence-electron chi connectivity index (χ3n) is 7.17. The summed E-state index contributed by atoms with van der Waals surface area (Å²) in [5.74, 6) is 0.934. The van der Waals surface area contributed by atoms with Gasteiger partial charge in [0.05, 0.1) is 6.61 Å². The van der Waals surface area contributed by atoms with Crippen molar-refractivity contribution in [3.8, 4) is 50.3 Å². The van der Waals surface area contributed by atoms with Crippen molar-refractivity contribution in [3.05, 3.63) is 126 Å². The fourth-order valence-electron chi connectivity index (χ4n) is 5.40. The number of benzene rings is 5. The monoisotopic (exact) mass is 466 g/mol. The highest BCUT2D eigenvalue weighted by Crippen LogP contribution is 2.50. The molecular formula is C35H30O. The Balaban J connectivity index is 1.61. The van der Waals surface area contributed by atoms with Gasteiger partial charge in [0.2, 0.25) is 0 Å². The molecule has 1 nitrogen and oxygen atoms in total. The lowest BCUT2D eigenvalue weighted by Gasteiger charge is -2.21. The molecule has 1 heteroatoms. The smallest absolute Gasteiger partial charge is 0.119 e. The molecule has 0 heterocycles. The maximum absolute atomic E-state index is 5.97. The van der Waals surface area contributed by atoms with Crippen LogP contribution in [0.5, 0.6) is 5.75 Å². The van der Waals surface area contributed by atoms with Crippen molar-refractivity contribution in [1.82, 2.24) is 0 Å².